The summed E-state index contributed by atoms with van der Waals surface area (Å²) < 4.78 is 0. The van der Waals surface area contributed by atoms with Crippen LogP contribution in [0.1, 0.15) is 12.8 Å². The topological polar surface area (TPSA) is 121 Å². The molecule has 2 saturated heterocycles. The summed E-state index contributed by atoms with van der Waals surface area (Å²) in [6.45, 7) is 0.558. The van der Waals surface area contributed by atoms with Gasteiger partial charge < -0.3 is 29.6 Å². The standard InChI is InChI=1S/C12H16N2O6/c15-9-3-7(11(17)18)5-13(9)1-2-14-6-8(12(19)20)4-10(14)16/h7-8H,1-6H2,(H,17,18)(H,19,20)/p-2/t7-,8-/m1/s1. The number of carboxylic acids is 2. The molecule has 0 aromatic rings. The number of likely N-dealkylation sites (tertiary alicyclic amines) is 2. The van der Waals surface area contributed by atoms with Crippen LogP contribution in [0.5, 0.6) is 0 Å². The Labute approximate surface area is 114 Å². The molecule has 0 aliphatic carbocycles. The molecule has 2 amide bonds. The van der Waals surface area contributed by atoms with Gasteiger partial charge in [-0.2, -0.15) is 0 Å². The number of aliphatic carboxylic acids is 2. The zero-order valence-electron chi connectivity index (χ0n) is 10.7. The Kier molecular flexibility index (Phi) is 3.91. The lowest BCUT2D eigenvalue weighted by molar-refractivity contribution is -0.312. The predicted octanol–water partition coefficient (Wildman–Crippen LogP) is -3.82. The molecule has 20 heavy (non-hydrogen) atoms. The van der Waals surface area contributed by atoms with E-state index in [1.54, 1.807) is 0 Å². The summed E-state index contributed by atoms with van der Waals surface area (Å²) in [6.07, 6.45) is -0.171. The molecular weight excluding hydrogens is 268 g/mol. The van der Waals surface area contributed by atoms with E-state index in [9.17, 15) is 29.4 Å². The third-order valence-electron chi connectivity index (χ3n) is 3.74. The van der Waals surface area contributed by atoms with Gasteiger partial charge in [0.1, 0.15) is 0 Å². The molecule has 2 rings (SSSR count). The quantitative estimate of drug-likeness (QED) is 0.509. The van der Waals surface area contributed by atoms with Crippen molar-refractivity contribution in [1.29, 1.82) is 0 Å². The second kappa shape index (κ2) is 5.48. The zero-order chi connectivity index (χ0) is 14.9. The first kappa shape index (κ1) is 14.3. The van der Waals surface area contributed by atoms with E-state index >= 15 is 0 Å². The van der Waals surface area contributed by atoms with Crippen LogP contribution in [-0.2, 0) is 19.2 Å². The largest absolute Gasteiger partial charge is 0.550 e. The summed E-state index contributed by atoms with van der Waals surface area (Å²) in [6, 6.07) is 0. The molecule has 0 saturated carbocycles. The molecule has 110 valence electrons. The van der Waals surface area contributed by atoms with E-state index in [-0.39, 0.29) is 50.8 Å². The maximum absolute atomic E-state index is 11.6. The number of nitrogens with zero attached hydrogens (tertiary/aromatic N) is 2. The zero-order valence-corrected chi connectivity index (χ0v) is 10.7. The van der Waals surface area contributed by atoms with E-state index in [4.69, 9.17) is 0 Å². The molecule has 8 heteroatoms. The molecule has 0 unspecified atom stereocenters. The SMILES string of the molecule is O=C([O-])[C@@H]1CC(=O)N(CCN2C[C@H](C(=O)[O-])CC2=O)C1. The first-order chi connectivity index (χ1) is 9.38. The monoisotopic (exact) mass is 282 g/mol. The fourth-order valence-electron chi connectivity index (χ4n) is 2.53. The van der Waals surface area contributed by atoms with Crippen LogP contribution >= 0.6 is 0 Å². The van der Waals surface area contributed by atoms with Gasteiger partial charge in [0.25, 0.3) is 0 Å². The minimum atomic E-state index is -1.25. The van der Waals surface area contributed by atoms with Crippen LogP contribution in [0.2, 0.25) is 0 Å². The highest BCUT2D eigenvalue weighted by Gasteiger charge is 2.33. The van der Waals surface area contributed by atoms with Crippen LogP contribution in [-0.4, -0.2) is 59.7 Å². The first-order valence-electron chi connectivity index (χ1n) is 6.35. The second-order valence-electron chi connectivity index (χ2n) is 5.12. The van der Waals surface area contributed by atoms with Crippen molar-refractivity contribution in [3.8, 4) is 0 Å². The normalized spacial score (nSPS) is 26.4. The van der Waals surface area contributed by atoms with Crippen molar-refractivity contribution < 1.29 is 29.4 Å². The molecule has 2 aliphatic rings. The third kappa shape index (κ3) is 2.89. The van der Waals surface area contributed by atoms with Crippen LogP contribution in [0, 0.1) is 11.8 Å². The number of amides is 2. The molecule has 2 atom stereocenters. The van der Waals surface area contributed by atoms with Crippen LogP contribution in [0.4, 0.5) is 0 Å². The van der Waals surface area contributed by atoms with Crippen molar-refractivity contribution in [3.05, 3.63) is 0 Å². The van der Waals surface area contributed by atoms with Gasteiger partial charge in [0.05, 0.1) is 0 Å². The first-order valence-corrected chi connectivity index (χ1v) is 6.35. The highest BCUT2D eigenvalue weighted by molar-refractivity contribution is 5.86. The van der Waals surface area contributed by atoms with Crippen LogP contribution in [0.3, 0.4) is 0 Å². The Morgan fingerprint density at radius 3 is 1.50 bits per heavy atom. The van der Waals surface area contributed by atoms with Gasteiger partial charge in [0, 0.05) is 62.8 Å². The van der Waals surface area contributed by atoms with Gasteiger partial charge in [-0.15, -0.1) is 0 Å². The molecule has 0 spiro atoms. The van der Waals surface area contributed by atoms with Crippen molar-refractivity contribution in [2.75, 3.05) is 26.2 Å². The van der Waals surface area contributed by atoms with Gasteiger partial charge in [0.15, 0.2) is 0 Å². The summed E-state index contributed by atoms with van der Waals surface area (Å²) >= 11 is 0. The van der Waals surface area contributed by atoms with E-state index < -0.39 is 23.8 Å². The lowest BCUT2D eigenvalue weighted by atomic mass is 10.1. The Morgan fingerprint density at radius 1 is 0.900 bits per heavy atom. The van der Waals surface area contributed by atoms with Gasteiger partial charge >= 0.3 is 0 Å². The van der Waals surface area contributed by atoms with E-state index in [0.29, 0.717) is 0 Å². The molecule has 2 aliphatic heterocycles. The molecule has 0 radical (unpaired) electrons. The fraction of sp³-hybridized carbons (Fsp3) is 0.667. The summed E-state index contributed by atoms with van der Waals surface area (Å²) in [7, 11) is 0. The second-order valence-corrected chi connectivity index (χ2v) is 5.12. The average molecular weight is 282 g/mol. The third-order valence-corrected chi connectivity index (χ3v) is 3.74. The Bertz CT molecular complexity index is 421. The van der Waals surface area contributed by atoms with Crippen molar-refractivity contribution in [3.63, 3.8) is 0 Å². The summed E-state index contributed by atoms with van der Waals surface area (Å²) in [5, 5.41) is 21.4. The maximum Gasteiger partial charge on any atom is 0.223 e. The number of carboxylic acid groups (broad SMARTS) is 2. The lowest BCUT2D eigenvalue weighted by Gasteiger charge is -2.22. The number of carbonyl (C=O) groups excluding carboxylic acids is 4. The molecule has 2 fully saturated rings. The number of carbonyl (C=O) groups is 4. The maximum atomic E-state index is 11.6. The molecule has 0 aromatic heterocycles. The van der Waals surface area contributed by atoms with Crippen molar-refractivity contribution in [2.24, 2.45) is 11.8 Å². The van der Waals surface area contributed by atoms with Crippen LogP contribution < -0.4 is 10.2 Å². The number of rotatable bonds is 5. The van der Waals surface area contributed by atoms with E-state index in [1.807, 2.05) is 0 Å². The van der Waals surface area contributed by atoms with E-state index in [2.05, 4.69) is 0 Å². The Morgan fingerprint density at radius 2 is 1.25 bits per heavy atom. The van der Waals surface area contributed by atoms with Gasteiger partial charge in [-0.25, -0.2) is 0 Å². The van der Waals surface area contributed by atoms with E-state index in [1.165, 1.54) is 9.80 Å². The van der Waals surface area contributed by atoms with E-state index in [0.717, 1.165) is 0 Å². The number of hydrogen-bond donors (Lipinski definition) is 0. The van der Waals surface area contributed by atoms with Gasteiger partial charge in [-0.1, -0.05) is 0 Å². The summed E-state index contributed by atoms with van der Waals surface area (Å²) in [4.78, 5) is 47.3. The minimum absolute atomic E-state index is 0.0765. The van der Waals surface area contributed by atoms with Crippen molar-refractivity contribution in [1.82, 2.24) is 9.80 Å². The van der Waals surface area contributed by atoms with Crippen molar-refractivity contribution in [2.45, 2.75) is 12.8 Å². The van der Waals surface area contributed by atoms with Gasteiger partial charge in [-0.05, 0) is 0 Å². The average Bonchev–Trinajstić information content (AvgIpc) is 2.91. The molecule has 8 nitrogen and oxygen atoms in total. The number of hydrogen-bond acceptors (Lipinski definition) is 6. The molecule has 0 aromatic carbocycles. The van der Waals surface area contributed by atoms with Gasteiger partial charge in [-0.3, -0.25) is 9.59 Å². The Balaban J connectivity index is 1.84. The minimum Gasteiger partial charge on any atom is -0.550 e. The highest BCUT2D eigenvalue weighted by atomic mass is 16.4. The molecule has 0 N–H and O–H groups in total. The van der Waals surface area contributed by atoms with Crippen LogP contribution in [0.15, 0.2) is 0 Å². The fourth-order valence-corrected chi connectivity index (χ4v) is 2.53. The highest BCUT2D eigenvalue weighted by Crippen LogP contribution is 2.19. The molecule has 0 bridgehead atoms. The lowest BCUT2D eigenvalue weighted by Crippen LogP contribution is -2.39. The smallest absolute Gasteiger partial charge is 0.223 e. The predicted molar refractivity (Wildman–Crippen MR) is 59.4 cm³/mol. The van der Waals surface area contributed by atoms with Gasteiger partial charge in [0.2, 0.25) is 11.8 Å². The summed E-state index contributed by atoms with van der Waals surface area (Å²) in [5.41, 5.74) is 0. The molecule has 2 heterocycles. The molecular formula is C12H14N2O6-2. The Hall–Kier alpha value is -2.12. The summed E-state index contributed by atoms with van der Waals surface area (Å²) in [5.74, 6) is -4.71. The van der Waals surface area contributed by atoms with Crippen molar-refractivity contribution >= 4 is 23.8 Å². The van der Waals surface area contributed by atoms with Crippen LogP contribution in [0.25, 0.3) is 0 Å².